The highest BCUT2D eigenvalue weighted by Crippen LogP contribution is 1.98. The Kier molecular flexibility index (Phi) is 6.96. The second kappa shape index (κ2) is 7.95. The summed E-state index contributed by atoms with van der Waals surface area (Å²) in [6.45, 7) is 1.67. The molecule has 18 heavy (non-hydrogen) atoms. The summed E-state index contributed by atoms with van der Waals surface area (Å²) in [4.78, 5) is 32.5. The van der Waals surface area contributed by atoms with E-state index in [1.807, 2.05) is 0 Å². The number of urea groups is 1. The van der Waals surface area contributed by atoms with Crippen LogP contribution < -0.4 is 10.6 Å². The topological polar surface area (TPSA) is 116 Å². The summed E-state index contributed by atoms with van der Waals surface area (Å²) in [5, 5.41) is 21.9. The molecular weight excluding hydrogens is 240 g/mol. The van der Waals surface area contributed by atoms with Crippen molar-refractivity contribution in [1.29, 1.82) is 0 Å². The Morgan fingerprint density at radius 3 is 2.33 bits per heavy atom. The number of carbonyl (C=O) groups is 3. The molecule has 0 aromatic heterocycles. The standard InChI is InChI=1S/C11H16N2O5/c1-3-4-7(2)12-11(18)13-8(10(16)17)5-6-9(14)15/h1,7-8H,4-6H2,2H3,(H,14,15)(H,16,17)(H2,12,13,18)/t7?,8-/m0/s1. The average molecular weight is 256 g/mol. The van der Waals surface area contributed by atoms with E-state index in [2.05, 4.69) is 16.6 Å². The van der Waals surface area contributed by atoms with Crippen molar-refractivity contribution in [3.05, 3.63) is 0 Å². The van der Waals surface area contributed by atoms with E-state index in [4.69, 9.17) is 16.6 Å². The van der Waals surface area contributed by atoms with Crippen LogP contribution >= 0.6 is 0 Å². The summed E-state index contributed by atoms with van der Waals surface area (Å²) in [7, 11) is 0. The molecular formula is C11H16N2O5. The summed E-state index contributed by atoms with van der Waals surface area (Å²) >= 11 is 0. The molecule has 0 aliphatic heterocycles. The molecule has 0 aliphatic rings. The first-order valence-corrected chi connectivity index (χ1v) is 5.32. The third kappa shape index (κ3) is 7.11. The van der Waals surface area contributed by atoms with Gasteiger partial charge in [0.25, 0.3) is 0 Å². The summed E-state index contributed by atoms with van der Waals surface area (Å²) in [5.41, 5.74) is 0. The molecule has 0 aromatic carbocycles. The minimum atomic E-state index is -1.28. The van der Waals surface area contributed by atoms with E-state index in [9.17, 15) is 14.4 Å². The van der Waals surface area contributed by atoms with Crippen molar-refractivity contribution >= 4 is 18.0 Å². The zero-order valence-corrected chi connectivity index (χ0v) is 9.97. The normalized spacial score (nSPS) is 12.9. The Balaban J connectivity index is 4.24. The fourth-order valence-electron chi connectivity index (χ4n) is 1.18. The minimum Gasteiger partial charge on any atom is -0.481 e. The molecule has 0 aromatic rings. The van der Waals surface area contributed by atoms with Crippen LogP contribution in [0.1, 0.15) is 26.2 Å². The Bertz CT molecular complexity index is 361. The number of carbonyl (C=O) groups excluding carboxylic acids is 1. The molecule has 100 valence electrons. The van der Waals surface area contributed by atoms with E-state index >= 15 is 0 Å². The maximum absolute atomic E-state index is 11.4. The van der Waals surface area contributed by atoms with E-state index < -0.39 is 24.0 Å². The predicted molar refractivity (Wildman–Crippen MR) is 62.9 cm³/mol. The van der Waals surface area contributed by atoms with Gasteiger partial charge in [-0.05, 0) is 13.3 Å². The van der Waals surface area contributed by atoms with E-state index in [1.165, 1.54) is 0 Å². The number of rotatable bonds is 7. The highest BCUT2D eigenvalue weighted by molar-refractivity contribution is 5.83. The van der Waals surface area contributed by atoms with Gasteiger partial charge in [0, 0.05) is 18.9 Å². The first-order valence-electron chi connectivity index (χ1n) is 5.32. The van der Waals surface area contributed by atoms with Crippen molar-refractivity contribution in [2.24, 2.45) is 0 Å². The van der Waals surface area contributed by atoms with Crippen LogP contribution in [-0.2, 0) is 9.59 Å². The molecule has 7 nitrogen and oxygen atoms in total. The van der Waals surface area contributed by atoms with E-state index in [1.54, 1.807) is 6.92 Å². The quantitative estimate of drug-likeness (QED) is 0.479. The fraction of sp³-hybridized carbons (Fsp3) is 0.545. The molecule has 0 aliphatic carbocycles. The maximum atomic E-state index is 11.4. The van der Waals surface area contributed by atoms with Gasteiger partial charge in [0.1, 0.15) is 6.04 Å². The van der Waals surface area contributed by atoms with Gasteiger partial charge < -0.3 is 20.8 Å². The molecule has 0 saturated heterocycles. The third-order valence-electron chi connectivity index (χ3n) is 2.05. The van der Waals surface area contributed by atoms with Crippen LogP contribution in [0.3, 0.4) is 0 Å². The second-order valence-corrected chi connectivity index (χ2v) is 3.75. The Morgan fingerprint density at radius 2 is 1.89 bits per heavy atom. The van der Waals surface area contributed by atoms with Crippen molar-refractivity contribution in [1.82, 2.24) is 10.6 Å². The highest BCUT2D eigenvalue weighted by Gasteiger charge is 2.21. The molecule has 7 heteroatoms. The summed E-state index contributed by atoms with van der Waals surface area (Å²) in [6.07, 6.45) is 4.86. The molecule has 0 spiro atoms. The lowest BCUT2D eigenvalue weighted by Gasteiger charge is -2.16. The monoisotopic (exact) mass is 256 g/mol. The molecule has 0 radical (unpaired) electrons. The van der Waals surface area contributed by atoms with E-state index in [0.29, 0.717) is 6.42 Å². The van der Waals surface area contributed by atoms with Crippen LogP contribution in [0.4, 0.5) is 4.79 Å². The largest absolute Gasteiger partial charge is 0.481 e. The van der Waals surface area contributed by atoms with Gasteiger partial charge in [-0.1, -0.05) is 0 Å². The van der Waals surface area contributed by atoms with Crippen molar-refractivity contribution < 1.29 is 24.6 Å². The molecule has 0 bridgehead atoms. The van der Waals surface area contributed by atoms with Gasteiger partial charge in [0.2, 0.25) is 0 Å². The van der Waals surface area contributed by atoms with Crippen molar-refractivity contribution in [2.75, 3.05) is 0 Å². The number of terminal acetylenes is 1. The Hall–Kier alpha value is -2.23. The van der Waals surface area contributed by atoms with E-state index in [0.717, 1.165) is 0 Å². The lowest BCUT2D eigenvalue weighted by Crippen LogP contribution is -2.48. The number of carboxylic acids is 2. The Labute approximate surface area is 105 Å². The minimum absolute atomic E-state index is 0.179. The molecule has 0 rings (SSSR count). The van der Waals surface area contributed by atoms with Crippen LogP contribution in [0.25, 0.3) is 0 Å². The third-order valence-corrected chi connectivity index (χ3v) is 2.05. The van der Waals surface area contributed by atoms with Crippen LogP contribution in [0.5, 0.6) is 0 Å². The van der Waals surface area contributed by atoms with Crippen LogP contribution in [0.15, 0.2) is 0 Å². The summed E-state index contributed by atoms with van der Waals surface area (Å²) in [5.74, 6) is -0.0502. The van der Waals surface area contributed by atoms with Gasteiger partial charge in [0.05, 0.1) is 0 Å². The lowest BCUT2D eigenvalue weighted by molar-refractivity contribution is -0.140. The second-order valence-electron chi connectivity index (χ2n) is 3.75. The molecule has 2 amide bonds. The Morgan fingerprint density at radius 1 is 1.28 bits per heavy atom. The fourth-order valence-corrected chi connectivity index (χ4v) is 1.18. The SMILES string of the molecule is C#CCC(C)NC(=O)N[C@@H](CCC(=O)O)C(=O)O. The number of amides is 2. The molecule has 1 unspecified atom stereocenters. The van der Waals surface area contributed by atoms with Gasteiger partial charge in [-0.25, -0.2) is 9.59 Å². The summed E-state index contributed by atoms with van der Waals surface area (Å²) < 4.78 is 0. The van der Waals surface area contributed by atoms with E-state index in [-0.39, 0.29) is 18.9 Å². The maximum Gasteiger partial charge on any atom is 0.326 e. The predicted octanol–water partition coefficient (Wildman–Crippen LogP) is 0.0154. The van der Waals surface area contributed by atoms with Crippen molar-refractivity contribution in [2.45, 2.75) is 38.3 Å². The van der Waals surface area contributed by atoms with Gasteiger partial charge in [-0.15, -0.1) is 12.3 Å². The molecule has 0 fully saturated rings. The molecule has 4 N–H and O–H groups in total. The summed E-state index contributed by atoms with van der Waals surface area (Å²) in [6, 6.07) is -2.21. The number of nitrogens with one attached hydrogen (secondary N) is 2. The molecule has 2 atom stereocenters. The number of hydrogen-bond donors (Lipinski definition) is 4. The van der Waals surface area contributed by atoms with Gasteiger partial charge in [-0.2, -0.15) is 0 Å². The average Bonchev–Trinajstić information content (AvgIpc) is 2.23. The first kappa shape index (κ1) is 15.8. The number of hydrogen-bond acceptors (Lipinski definition) is 3. The number of aliphatic carboxylic acids is 2. The lowest BCUT2D eigenvalue weighted by atomic mass is 10.1. The van der Waals surface area contributed by atoms with Crippen LogP contribution in [0, 0.1) is 12.3 Å². The zero-order chi connectivity index (χ0) is 14.1. The first-order chi connectivity index (χ1) is 8.36. The van der Waals surface area contributed by atoms with Crippen LogP contribution in [-0.4, -0.2) is 40.3 Å². The molecule has 0 saturated carbocycles. The molecule has 0 heterocycles. The smallest absolute Gasteiger partial charge is 0.326 e. The van der Waals surface area contributed by atoms with Gasteiger partial charge >= 0.3 is 18.0 Å². The van der Waals surface area contributed by atoms with Gasteiger partial charge in [0.15, 0.2) is 0 Å². The van der Waals surface area contributed by atoms with Crippen LogP contribution in [0.2, 0.25) is 0 Å². The van der Waals surface area contributed by atoms with Gasteiger partial charge in [-0.3, -0.25) is 4.79 Å². The zero-order valence-electron chi connectivity index (χ0n) is 9.97. The van der Waals surface area contributed by atoms with Crippen molar-refractivity contribution in [3.63, 3.8) is 0 Å². The van der Waals surface area contributed by atoms with Crippen molar-refractivity contribution in [3.8, 4) is 12.3 Å². The number of carboxylic acid groups (broad SMARTS) is 2. The highest BCUT2D eigenvalue weighted by atomic mass is 16.4.